The minimum Gasteiger partial charge on any atom is -0.340 e. The number of hydrogen-bond acceptors (Lipinski definition) is 4. The van der Waals surface area contributed by atoms with Crippen molar-refractivity contribution < 1.29 is 4.79 Å². The number of aryl methyl sites for hydroxylation is 1. The molecule has 2 heterocycles. The van der Waals surface area contributed by atoms with E-state index in [0.717, 1.165) is 40.7 Å². The van der Waals surface area contributed by atoms with E-state index in [4.69, 9.17) is 0 Å². The molecule has 4 rings (SSSR count). The first kappa shape index (κ1) is 19.6. The number of aromatic nitrogens is 2. The first-order chi connectivity index (χ1) is 14.1. The molecule has 1 atom stereocenters. The van der Waals surface area contributed by atoms with Crippen molar-refractivity contribution >= 4 is 33.5 Å². The van der Waals surface area contributed by atoms with Gasteiger partial charge in [0.1, 0.15) is 0 Å². The van der Waals surface area contributed by atoms with Gasteiger partial charge in [-0.1, -0.05) is 45.8 Å². The van der Waals surface area contributed by atoms with Crippen molar-refractivity contribution in [2.75, 3.05) is 23.3 Å². The number of benzene rings is 2. The largest absolute Gasteiger partial charge is 0.340 e. The first-order valence-corrected chi connectivity index (χ1v) is 10.6. The van der Waals surface area contributed by atoms with Crippen molar-refractivity contribution in [1.82, 2.24) is 9.97 Å². The average molecular weight is 451 g/mol. The van der Waals surface area contributed by atoms with Crippen LogP contribution in [0.25, 0.3) is 11.1 Å². The average Bonchev–Trinajstić information content (AvgIpc) is 2.76. The maximum atomic E-state index is 12.7. The number of amides is 1. The van der Waals surface area contributed by atoms with Gasteiger partial charge in [0.05, 0.1) is 5.92 Å². The van der Waals surface area contributed by atoms with E-state index in [1.54, 1.807) is 0 Å². The molecule has 6 heteroatoms. The highest BCUT2D eigenvalue weighted by atomic mass is 79.9. The Morgan fingerprint density at radius 2 is 1.72 bits per heavy atom. The molecule has 0 aliphatic carbocycles. The Kier molecular flexibility index (Phi) is 5.90. The monoisotopic (exact) mass is 450 g/mol. The number of halogens is 1. The molecular formula is C23H23BrN4O. The predicted octanol–water partition coefficient (Wildman–Crippen LogP) is 5.07. The van der Waals surface area contributed by atoms with E-state index in [0.29, 0.717) is 12.5 Å². The van der Waals surface area contributed by atoms with Gasteiger partial charge >= 0.3 is 0 Å². The summed E-state index contributed by atoms with van der Waals surface area (Å²) in [6.07, 6.45) is 5.54. The number of anilines is 2. The van der Waals surface area contributed by atoms with E-state index >= 15 is 0 Å². The normalized spacial score (nSPS) is 16.5. The second-order valence-corrected chi connectivity index (χ2v) is 8.33. The molecule has 29 heavy (non-hydrogen) atoms. The molecule has 1 amide bonds. The zero-order chi connectivity index (χ0) is 20.2. The van der Waals surface area contributed by atoms with Crippen molar-refractivity contribution in [2.24, 2.45) is 5.92 Å². The smallest absolute Gasteiger partial charge is 0.229 e. The van der Waals surface area contributed by atoms with Crippen molar-refractivity contribution in [1.29, 1.82) is 0 Å². The van der Waals surface area contributed by atoms with Gasteiger partial charge in [-0.05, 0) is 49.6 Å². The Bertz CT molecular complexity index is 971. The SMILES string of the molecule is Cc1ccc(-c2cnc(N3CCCC(C(=O)Nc4ccc(Br)cc4)C3)nc2)cc1. The highest BCUT2D eigenvalue weighted by Gasteiger charge is 2.27. The van der Waals surface area contributed by atoms with E-state index in [9.17, 15) is 4.79 Å². The standard InChI is InChI=1S/C23H23BrN4O/c1-16-4-6-17(7-5-16)19-13-25-23(26-14-19)28-12-2-3-18(15-28)22(29)27-21-10-8-20(24)9-11-21/h4-11,13-14,18H,2-3,12,15H2,1H3,(H,27,29). The highest BCUT2D eigenvalue weighted by molar-refractivity contribution is 9.10. The number of nitrogens with zero attached hydrogens (tertiary/aromatic N) is 3. The summed E-state index contributed by atoms with van der Waals surface area (Å²) in [4.78, 5) is 23.9. The second-order valence-electron chi connectivity index (χ2n) is 7.42. The minimum atomic E-state index is -0.0761. The van der Waals surface area contributed by atoms with Crippen LogP contribution in [0.4, 0.5) is 11.6 Å². The van der Waals surface area contributed by atoms with Gasteiger partial charge in [-0.2, -0.15) is 0 Å². The van der Waals surface area contributed by atoms with Crippen molar-refractivity contribution in [3.05, 3.63) is 71.0 Å². The number of carbonyl (C=O) groups excluding carboxylic acids is 1. The van der Waals surface area contributed by atoms with Crippen LogP contribution in [0.15, 0.2) is 65.4 Å². The lowest BCUT2D eigenvalue weighted by Gasteiger charge is -2.32. The Morgan fingerprint density at radius 3 is 2.41 bits per heavy atom. The summed E-state index contributed by atoms with van der Waals surface area (Å²) in [5, 5.41) is 3.02. The number of nitrogens with one attached hydrogen (secondary N) is 1. The molecule has 1 fully saturated rings. The van der Waals surface area contributed by atoms with E-state index in [2.05, 4.69) is 67.3 Å². The molecule has 1 aliphatic heterocycles. The van der Waals surface area contributed by atoms with Gasteiger partial charge in [-0.25, -0.2) is 9.97 Å². The molecule has 2 aromatic carbocycles. The summed E-state index contributed by atoms with van der Waals surface area (Å²) in [5.41, 5.74) is 4.14. The van der Waals surface area contributed by atoms with Crippen LogP contribution in [0.1, 0.15) is 18.4 Å². The summed E-state index contributed by atoms with van der Waals surface area (Å²) >= 11 is 3.41. The predicted molar refractivity (Wildman–Crippen MR) is 120 cm³/mol. The molecule has 1 N–H and O–H groups in total. The van der Waals surface area contributed by atoms with Crippen molar-refractivity contribution in [3.8, 4) is 11.1 Å². The topological polar surface area (TPSA) is 58.1 Å². The summed E-state index contributed by atoms with van der Waals surface area (Å²) in [6, 6.07) is 16.0. The number of carbonyl (C=O) groups is 1. The highest BCUT2D eigenvalue weighted by Crippen LogP contribution is 2.24. The van der Waals surface area contributed by atoms with Gasteiger partial charge in [0.25, 0.3) is 0 Å². The molecule has 5 nitrogen and oxygen atoms in total. The molecule has 3 aromatic rings. The van der Waals surface area contributed by atoms with Gasteiger partial charge in [0, 0.05) is 41.2 Å². The lowest BCUT2D eigenvalue weighted by molar-refractivity contribution is -0.120. The molecular weight excluding hydrogens is 428 g/mol. The fraction of sp³-hybridized carbons (Fsp3) is 0.261. The Morgan fingerprint density at radius 1 is 1.03 bits per heavy atom. The molecule has 0 bridgehead atoms. The Labute approximate surface area is 179 Å². The summed E-state index contributed by atoms with van der Waals surface area (Å²) < 4.78 is 0.991. The molecule has 1 saturated heterocycles. The van der Waals surface area contributed by atoms with Crippen LogP contribution in [-0.4, -0.2) is 29.0 Å². The van der Waals surface area contributed by atoms with Crippen LogP contribution in [-0.2, 0) is 4.79 Å². The van der Waals surface area contributed by atoms with Gasteiger partial charge in [-0.15, -0.1) is 0 Å². The fourth-order valence-corrected chi connectivity index (χ4v) is 3.79. The van der Waals surface area contributed by atoms with E-state index in [1.807, 2.05) is 36.7 Å². The van der Waals surface area contributed by atoms with Crippen molar-refractivity contribution in [3.63, 3.8) is 0 Å². The number of hydrogen-bond donors (Lipinski definition) is 1. The lowest BCUT2D eigenvalue weighted by atomic mass is 9.97. The maximum absolute atomic E-state index is 12.7. The van der Waals surface area contributed by atoms with Crippen LogP contribution >= 0.6 is 15.9 Å². The lowest BCUT2D eigenvalue weighted by Crippen LogP contribution is -2.41. The molecule has 1 unspecified atom stereocenters. The summed E-state index contributed by atoms with van der Waals surface area (Å²) in [7, 11) is 0. The summed E-state index contributed by atoms with van der Waals surface area (Å²) in [6.45, 7) is 3.57. The van der Waals surface area contributed by atoms with Crippen LogP contribution < -0.4 is 10.2 Å². The summed E-state index contributed by atoms with van der Waals surface area (Å²) in [5.74, 6) is 0.656. The van der Waals surface area contributed by atoms with Gasteiger partial charge in [0.15, 0.2) is 0 Å². The van der Waals surface area contributed by atoms with Gasteiger partial charge in [-0.3, -0.25) is 4.79 Å². The fourth-order valence-electron chi connectivity index (χ4n) is 3.53. The van der Waals surface area contributed by atoms with Crippen LogP contribution in [0.3, 0.4) is 0 Å². The van der Waals surface area contributed by atoms with Gasteiger partial charge in [0.2, 0.25) is 11.9 Å². The van der Waals surface area contributed by atoms with E-state index in [1.165, 1.54) is 5.56 Å². The molecule has 1 aromatic heterocycles. The van der Waals surface area contributed by atoms with Gasteiger partial charge < -0.3 is 10.2 Å². The molecule has 0 saturated carbocycles. The van der Waals surface area contributed by atoms with Crippen LogP contribution in [0, 0.1) is 12.8 Å². The molecule has 0 radical (unpaired) electrons. The molecule has 148 valence electrons. The van der Waals surface area contributed by atoms with Crippen molar-refractivity contribution in [2.45, 2.75) is 19.8 Å². The van der Waals surface area contributed by atoms with E-state index < -0.39 is 0 Å². The van der Waals surface area contributed by atoms with Crippen LogP contribution in [0.2, 0.25) is 0 Å². The maximum Gasteiger partial charge on any atom is 0.229 e. The zero-order valence-corrected chi connectivity index (χ0v) is 17.9. The van der Waals surface area contributed by atoms with E-state index in [-0.39, 0.29) is 11.8 Å². The third-order valence-corrected chi connectivity index (χ3v) is 5.74. The Balaban J connectivity index is 1.41. The first-order valence-electron chi connectivity index (χ1n) is 9.79. The third kappa shape index (κ3) is 4.82. The number of rotatable bonds is 4. The Hall–Kier alpha value is -2.73. The third-order valence-electron chi connectivity index (χ3n) is 5.21. The van der Waals surface area contributed by atoms with Crippen LogP contribution in [0.5, 0.6) is 0 Å². The quantitative estimate of drug-likeness (QED) is 0.602. The molecule has 1 aliphatic rings. The zero-order valence-electron chi connectivity index (χ0n) is 16.3. The second kappa shape index (κ2) is 8.74. The molecule has 0 spiro atoms. The minimum absolute atomic E-state index is 0.0493. The number of piperidine rings is 1.